The lowest BCUT2D eigenvalue weighted by molar-refractivity contribution is -0.159. The number of amides is 2. The largest absolute Gasteiger partial charge is 0.491 e. The van der Waals surface area contributed by atoms with E-state index in [9.17, 15) is 27.2 Å². The van der Waals surface area contributed by atoms with Gasteiger partial charge in [0, 0.05) is 17.7 Å². The van der Waals surface area contributed by atoms with Crippen molar-refractivity contribution in [1.82, 2.24) is 20.4 Å². The summed E-state index contributed by atoms with van der Waals surface area (Å²) in [5, 5.41) is 5.81. The fourth-order valence-electron chi connectivity index (χ4n) is 3.25. The molecule has 2 aliphatic heterocycles. The van der Waals surface area contributed by atoms with Crippen LogP contribution in [-0.2, 0) is 22.3 Å². The van der Waals surface area contributed by atoms with Crippen molar-refractivity contribution in [3.63, 3.8) is 0 Å². The normalized spacial score (nSPS) is 19.4. The monoisotopic (exact) mass is 414 g/mol. The first-order valence-corrected chi connectivity index (χ1v) is 8.67. The second kappa shape index (κ2) is 7.01. The van der Waals surface area contributed by atoms with Gasteiger partial charge < -0.3 is 19.5 Å². The third-order valence-corrected chi connectivity index (χ3v) is 4.71. The highest BCUT2D eigenvalue weighted by Gasteiger charge is 2.39. The highest BCUT2D eigenvalue weighted by molar-refractivity contribution is 6.01. The molecule has 0 bridgehead atoms. The lowest BCUT2D eigenvalue weighted by Gasteiger charge is -2.22. The Labute approximate surface area is 160 Å². The van der Waals surface area contributed by atoms with E-state index in [-0.39, 0.29) is 42.5 Å². The second-order valence-electron chi connectivity index (χ2n) is 6.60. The number of nitrogens with one attached hydrogen (secondary N) is 1. The van der Waals surface area contributed by atoms with E-state index in [1.54, 1.807) is 0 Å². The first-order valence-electron chi connectivity index (χ1n) is 8.67. The number of carbonyl (C=O) groups is 2. The Balaban J connectivity index is 1.61. The molecular weight excluding hydrogens is 400 g/mol. The maximum atomic E-state index is 14.7. The highest BCUT2D eigenvalue weighted by Crippen LogP contribution is 2.34. The first-order chi connectivity index (χ1) is 13.7. The van der Waals surface area contributed by atoms with Crippen LogP contribution < -0.4 is 10.1 Å². The predicted molar refractivity (Wildman–Crippen MR) is 86.7 cm³/mol. The molecule has 0 unspecified atom stereocenters. The molecule has 1 fully saturated rings. The zero-order chi connectivity index (χ0) is 20.8. The van der Waals surface area contributed by atoms with E-state index < -0.39 is 35.5 Å². The number of alkyl halides is 3. The van der Waals surface area contributed by atoms with Gasteiger partial charge in [-0.25, -0.2) is 4.39 Å². The van der Waals surface area contributed by atoms with E-state index in [0.29, 0.717) is 13.0 Å². The molecule has 2 aliphatic rings. The smallest absolute Gasteiger partial charge is 0.471 e. The lowest BCUT2D eigenvalue weighted by Crippen LogP contribution is -2.40. The molecule has 154 valence electrons. The van der Waals surface area contributed by atoms with Gasteiger partial charge >= 0.3 is 12.1 Å². The minimum Gasteiger partial charge on any atom is -0.491 e. The van der Waals surface area contributed by atoms with Crippen LogP contribution in [0.15, 0.2) is 16.7 Å². The number of aromatic nitrogens is 2. The van der Waals surface area contributed by atoms with Crippen LogP contribution in [0.2, 0.25) is 0 Å². The number of hydrogen-bond acceptors (Lipinski definition) is 6. The minimum atomic E-state index is -4.82. The van der Waals surface area contributed by atoms with Crippen LogP contribution in [-0.4, -0.2) is 46.6 Å². The molecule has 1 N–H and O–H groups in total. The van der Waals surface area contributed by atoms with Crippen molar-refractivity contribution in [2.45, 2.75) is 19.1 Å². The van der Waals surface area contributed by atoms with Crippen LogP contribution in [0.25, 0.3) is 11.4 Å². The fraction of sp³-hybridized carbons (Fsp3) is 0.412. The predicted octanol–water partition coefficient (Wildman–Crippen LogP) is 1.75. The van der Waals surface area contributed by atoms with Crippen molar-refractivity contribution < 1.29 is 36.4 Å². The molecule has 2 aromatic rings. The summed E-state index contributed by atoms with van der Waals surface area (Å²) in [6.07, 6.45) is -4.46. The molecule has 0 spiro atoms. The Hall–Kier alpha value is -3.18. The molecule has 4 rings (SSSR count). The van der Waals surface area contributed by atoms with Gasteiger partial charge in [-0.05, 0) is 18.6 Å². The van der Waals surface area contributed by atoms with Crippen LogP contribution in [0.3, 0.4) is 0 Å². The molecular formula is C17H14F4N4O4. The number of hydrogen-bond donors (Lipinski definition) is 1. The van der Waals surface area contributed by atoms with E-state index in [1.165, 1.54) is 11.0 Å². The van der Waals surface area contributed by atoms with E-state index in [4.69, 9.17) is 4.74 Å². The number of halogens is 4. The van der Waals surface area contributed by atoms with Crippen molar-refractivity contribution >= 4 is 11.8 Å². The van der Waals surface area contributed by atoms with E-state index in [0.717, 1.165) is 6.07 Å². The first kappa shape index (κ1) is 19.2. The quantitative estimate of drug-likeness (QED) is 0.594. The average Bonchev–Trinajstić information content (AvgIpc) is 3.26. The van der Waals surface area contributed by atoms with Gasteiger partial charge in [-0.2, -0.15) is 18.2 Å². The second-order valence-corrected chi connectivity index (χ2v) is 6.60. The Morgan fingerprint density at radius 3 is 2.76 bits per heavy atom. The molecule has 8 nitrogen and oxygen atoms in total. The highest BCUT2D eigenvalue weighted by atomic mass is 19.4. The van der Waals surface area contributed by atoms with E-state index in [1.807, 2.05) is 0 Å². The molecule has 1 aromatic heterocycles. The van der Waals surface area contributed by atoms with Gasteiger partial charge in [0.25, 0.3) is 0 Å². The summed E-state index contributed by atoms with van der Waals surface area (Å²) in [5.41, 5.74) is -0.00649. The fourth-order valence-corrected chi connectivity index (χ4v) is 3.25. The van der Waals surface area contributed by atoms with Gasteiger partial charge in [0.2, 0.25) is 17.6 Å². The third-order valence-electron chi connectivity index (χ3n) is 4.71. The average molecular weight is 414 g/mol. The Morgan fingerprint density at radius 2 is 2.10 bits per heavy atom. The topological polar surface area (TPSA) is 97.6 Å². The van der Waals surface area contributed by atoms with E-state index in [2.05, 4.69) is 20.0 Å². The summed E-state index contributed by atoms with van der Waals surface area (Å²) >= 11 is 0. The molecule has 1 atom stereocenters. The molecule has 1 saturated heterocycles. The number of benzene rings is 1. The number of ether oxygens (including phenoxy) is 1. The van der Waals surface area contributed by atoms with Crippen molar-refractivity contribution in [3.05, 3.63) is 29.4 Å². The molecule has 3 heterocycles. The van der Waals surface area contributed by atoms with Gasteiger partial charge in [0.1, 0.15) is 24.1 Å². The minimum absolute atomic E-state index is 0.0238. The Morgan fingerprint density at radius 1 is 1.31 bits per heavy atom. The van der Waals surface area contributed by atoms with Crippen molar-refractivity contribution in [3.8, 4) is 17.1 Å². The Kier molecular flexibility index (Phi) is 4.63. The molecule has 0 aliphatic carbocycles. The third kappa shape index (κ3) is 3.61. The van der Waals surface area contributed by atoms with Gasteiger partial charge in [-0.3, -0.25) is 9.59 Å². The van der Waals surface area contributed by atoms with Crippen LogP contribution >= 0.6 is 0 Å². The van der Waals surface area contributed by atoms with Crippen LogP contribution in [0.1, 0.15) is 17.9 Å². The SMILES string of the molecule is O=C1NCC[C@@H]1C(=O)N1CCOc2cc(-c3noc(C(F)(F)F)n3)cc(F)c2C1. The summed E-state index contributed by atoms with van der Waals surface area (Å²) < 4.78 is 62.3. The maximum Gasteiger partial charge on any atom is 0.471 e. The number of nitrogens with zero attached hydrogens (tertiary/aromatic N) is 3. The molecule has 2 amide bonds. The number of fused-ring (bicyclic) bond motifs is 1. The van der Waals surface area contributed by atoms with Crippen molar-refractivity contribution in [2.75, 3.05) is 19.7 Å². The summed E-state index contributed by atoms with van der Waals surface area (Å²) in [5.74, 6) is -4.34. The Bertz CT molecular complexity index is 975. The summed E-state index contributed by atoms with van der Waals surface area (Å²) in [4.78, 5) is 29.0. The summed E-state index contributed by atoms with van der Waals surface area (Å²) in [7, 11) is 0. The van der Waals surface area contributed by atoms with Crippen LogP contribution in [0, 0.1) is 11.7 Å². The van der Waals surface area contributed by atoms with Crippen LogP contribution in [0.5, 0.6) is 5.75 Å². The number of rotatable bonds is 2. The summed E-state index contributed by atoms with van der Waals surface area (Å²) in [6, 6.07) is 2.24. The summed E-state index contributed by atoms with van der Waals surface area (Å²) in [6.45, 7) is 0.422. The number of carbonyl (C=O) groups excluding carboxylic acids is 2. The maximum absolute atomic E-state index is 14.7. The molecule has 12 heteroatoms. The molecule has 0 radical (unpaired) electrons. The van der Waals surface area contributed by atoms with Crippen molar-refractivity contribution in [1.29, 1.82) is 0 Å². The zero-order valence-electron chi connectivity index (χ0n) is 14.8. The van der Waals surface area contributed by atoms with Gasteiger partial charge in [-0.1, -0.05) is 5.16 Å². The van der Waals surface area contributed by atoms with Gasteiger partial charge in [0.15, 0.2) is 0 Å². The molecule has 0 saturated carbocycles. The van der Waals surface area contributed by atoms with Crippen LogP contribution in [0.4, 0.5) is 17.6 Å². The van der Waals surface area contributed by atoms with E-state index >= 15 is 0 Å². The van der Waals surface area contributed by atoms with Crippen molar-refractivity contribution in [2.24, 2.45) is 5.92 Å². The zero-order valence-corrected chi connectivity index (χ0v) is 14.8. The molecule has 1 aromatic carbocycles. The van der Waals surface area contributed by atoms with Gasteiger partial charge in [0.05, 0.1) is 13.1 Å². The lowest BCUT2D eigenvalue weighted by atomic mass is 10.0. The molecule has 29 heavy (non-hydrogen) atoms. The standard InChI is InChI=1S/C17H14F4N4O4/c18-11-5-8(13-23-16(29-24-13)17(19,20)21)6-12-10(11)7-25(3-4-28-12)15(27)9-1-2-22-14(9)26/h5-6,9H,1-4,7H2,(H,22,26)/t9-/m0/s1. The van der Waals surface area contributed by atoms with Gasteiger partial charge in [-0.15, -0.1) is 0 Å².